The zero-order valence-electron chi connectivity index (χ0n) is 13.9. The number of alkyl halides is 1. The van der Waals surface area contributed by atoms with Crippen molar-refractivity contribution in [2.24, 2.45) is 5.92 Å². The van der Waals surface area contributed by atoms with Crippen molar-refractivity contribution in [3.05, 3.63) is 12.2 Å². The van der Waals surface area contributed by atoms with Crippen LogP contribution in [0, 0.1) is 5.92 Å². The van der Waals surface area contributed by atoms with E-state index in [4.69, 9.17) is 4.74 Å². The van der Waals surface area contributed by atoms with E-state index in [2.05, 4.69) is 21.2 Å². The molecule has 1 N–H and O–H groups in total. The van der Waals surface area contributed by atoms with Crippen molar-refractivity contribution in [2.75, 3.05) is 19.7 Å². The Balaban J connectivity index is 2.27. The van der Waals surface area contributed by atoms with E-state index in [9.17, 15) is 19.2 Å². The summed E-state index contributed by atoms with van der Waals surface area (Å²) in [4.78, 5) is 47.0. The SMILES string of the molecule is CCCCOC(=O)C(Br)CC(C)C(=O)NCCN1C(=O)C=CC1=O. The molecule has 1 rings (SSSR count). The summed E-state index contributed by atoms with van der Waals surface area (Å²) in [6.45, 7) is 4.39. The van der Waals surface area contributed by atoms with Crippen LogP contribution in [0.25, 0.3) is 0 Å². The molecule has 0 radical (unpaired) electrons. The first-order chi connectivity index (χ1) is 11.4. The maximum Gasteiger partial charge on any atom is 0.319 e. The van der Waals surface area contributed by atoms with E-state index < -0.39 is 10.7 Å². The standard InChI is InChI=1S/C16H23BrN2O5/c1-3-4-9-24-16(23)12(17)10-11(2)15(22)18-7-8-19-13(20)5-6-14(19)21/h5-6,11-12H,3-4,7-10H2,1-2H3,(H,18,22). The molecule has 8 heteroatoms. The maximum atomic E-state index is 12.0. The Hall–Kier alpha value is -1.70. The van der Waals surface area contributed by atoms with Gasteiger partial charge in [-0.2, -0.15) is 0 Å². The third kappa shape index (κ3) is 6.43. The number of halogens is 1. The first-order valence-electron chi connectivity index (χ1n) is 7.98. The lowest BCUT2D eigenvalue weighted by molar-refractivity contribution is -0.143. The fourth-order valence-electron chi connectivity index (χ4n) is 2.04. The highest BCUT2D eigenvalue weighted by Gasteiger charge is 2.25. The summed E-state index contributed by atoms with van der Waals surface area (Å²) in [6, 6.07) is 0. The molecule has 7 nitrogen and oxygen atoms in total. The summed E-state index contributed by atoms with van der Waals surface area (Å²) in [6.07, 6.45) is 4.46. The molecule has 134 valence electrons. The molecule has 0 saturated heterocycles. The highest BCUT2D eigenvalue weighted by Crippen LogP contribution is 2.15. The van der Waals surface area contributed by atoms with Crippen molar-refractivity contribution in [3.8, 4) is 0 Å². The quantitative estimate of drug-likeness (QED) is 0.256. The third-order valence-electron chi connectivity index (χ3n) is 3.54. The largest absolute Gasteiger partial charge is 0.465 e. The Morgan fingerprint density at radius 1 is 1.29 bits per heavy atom. The van der Waals surface area contributed by atoms with Crippen molar-refractivity contribution in [3.63, 3.8) is 0 Å². The normalized spacial score (nSPS) is 16.2. The fourth-order valence-corrected chi connectivity index (χ4v) is 2.73. The average Bonchev–Trinajstić information content (AvgIpc) is 2.86. The summed E-state index contributed by atoms with van der Waals surface area (Å²) in [5.41, 5.74) is 0. The van der Waals surface area contributed by atoms with E-state index in [0.29, 0.717) is 13.0 Å². The average molecular weight is 403 g/mol. The number of unbranched alkanes of at least 4 members (excludes halogenated alkanes) is 1. The van der Waals surface area contributed by atoms with Crippen molar-refractivity contribution in [1.29, 1.82) is 0 Å². The molecule has 0 bridgehead atoms. The van der Waals surface area contributed by atoms with Crippen LogP contribution in [0.1, 0.15) is 33.1 Å². The number of ether oxygens (including phenoxy) is 1. The lowest BCUT2D eigenvalue weighted by Crippen LogP contribution is -2.40. The Morgan fingerprint density at radius 2 is 1.92 bits per heavy atom. The number of rotatable bonds is 10. The molecule has 0 aliphatic carbocycles. The smallest absolute Gasteiger partial charge is 0.319 e. The van der Waals surface area contributed by atoms with Gasteiger partial charge >= 0.3 is 5.97 Å². The molecule has 1 aliphatic rings. The van der Waals surface area contributed by atoms with Gasteiger partial charge in [-0.25, -0.2) is 0 Å². The number of nitrogens with zero attached hydrogens (tertiary/aromatic N) is 1. The molecular formula is C16H23BrN2O5. The molecule has 1 heterocycles. The molecule has 24 heavy (non-hydrogen) atoms. The zero-order valence-corrected chi connectivity index (χ0v) is 15.5. The topological polar surface area (TPSA) is 92.8 Å². The molecular weight excluding hydrogens is 380 g/mol. The summed E-state index contributed by atoms with van der Waals surface area (Å²) >= 11 is 3.24. The van der Waals surface area contributed by atoms with Crippen LogP contribution in [0.5, 0.6) is 0 Å². The molecule has 0 aromatic carbocycles. The molecule has 2 atom stereocenters. The predicted octanol–water partition coefficient (Wildman–Crippen LogP) is 1.16. The van der Waals surface area contributed by atoms with Gasteiger partial charge in [-0.15, -0.1) is 0 Å². The number of imide groups is 1. The van der Waals surface area contributed by atoms with Crippen molar-refractivity contribution < 1.29 is 23.9 Å². The lowest BCUT2D eigenvalue weighted by atomic mass is 10.0. The number of hydrogen-bond acceptors (Lipinski definition) is 5. The molecule has 0 saturated carbocycles. The molecule has 1 aliphatic heterocycles. The minimum absolute atomic E-state index is 0.125. The van der Waals surface area contributed by atoms with Gasteiger partial charge < -0.3 is 10.1 Å². The number of carbonyl (C=O) groups is 4. The van der Waals surface area contributed by atoms with E-state index in [1.54, 1.807) is 6.92 Å². The summed E-state index contributed by atoms with van der Waals surface area (Å²) in [5.74, 6) is -1.78. The van der Waals surface area contributed by atoms with Gasteiger partial charge in [0.2, 0.25) is 5.91 Å². The van der Waals surface area contributed by atoms with Crippen molar-refractivity contribution in [2.45, 2.75) is 37.9 Å². The molecule has 2 unspecified atom stereocenters. The first kappa shape index (κ1) is 20.3. The third-order valence-corrected chi connectivity index (χ3v) is 4.29. The van der Waals surface area contributed by atoms with Crippen LogP contribution in [-0.2, 0) is 23.9 Å². The van der Waals surface area contributed by atoms with Crippen LogP contribution in [-0.4, -0.2) is 53.1 Å². The van der Waals surface area contributed by atoms with Crippen LogP contribution in [0.15, 0.2) is 12.2 Å². The first-order valence-corrected chi connectivity index (χ1v) is 8.90. The van der Waals surface area contributed by atoms with Gasteiger partial charge in [0.05, 0.1) is 6.61 Å². The predicted molar refractivity (Wildman–Crippen MR) is 91.2 cm³/mol. The van der Waals surface area contributed by atoms with Gasteiger partial charge in [0, 0.05) is 31.2 Å². The van der Waals surface area contributed by atoms with E-state index in [-0.39, 0.29) is 36.8 Å². The van der Waals surface area contributed by atoms with Gasteiger partial charge in [-0.3, -0.25) is 24.1 Å². The van der Waals surface area contributed by atoms with E-state index in [0.717, 1.165) is 17.7 Å². The minimum Gasteiger partial charge on any atom is -0.465 e. The Kier molecular flexibility index (Phi) is 8.67. The van der Waals surface area contributed by atoms with Crippen molar-refractivity contribution in [1.82, 2.24) is 10.2 Å². The second-order valence-electron chi connectivity index (χ2n) is 5.58. The summed E-state index contributed by atoms with van der Waals surface area (Å²) in [5, 5.41) is 2.66. The molecule has 0 aromatic rings. The maximum absolute atomic E-state index is 12.0. The second-order valence-corrected chi connectivity index (χ2v) is 6.68. The number of hydrogen-bond donors (Lipinski definition) is 1. The van der Waals surface area contributed by atoms with Gasteiger partial charge in [0.1, 0.15) is 4.83 Å². The zero-order chi connectivity index (χ0) is 18.1. The highest BCUT2D eigenvalue weighted by molar-refractivity contribution is 9.10. The van der Waals surface area contributed by atoms with Crippen LogP contribution < -0.4 is 5.32 Å². The summed E-state index contributed by atoms with van der Waals surface area (Å²) in [7, 11) is 0. The number of carbonyl (C=O) groups excluding carboxylic acids is 4. The van der Waals surface area contributed by atoms with Gasteiger partial charge in [0.25, 0.3) is 11.8 Å². The van der Waals surface area contributed by atoms with Gasteiger partial charge in [-0.05, 0) is 12.8 Å². The highest BCUT2D eigenvalue weighted by atomic mass is 79.9. The molecule has 0 spiro atoms. The Bertz CT molecular complexity index is 503. The Labute approximate surface area is 149 Å². The molecule has 0 fully saturated rings. The Morgan fingerprint density at radius 3 is 2.50 bits per heavy atom. The molecule has 0 aromatic heterocycles. The van der Waals surface area contributed by atoms with E-state index in [1.807, 2.05) is 6.92 Å². The molecule has 3 amide bonds. The monoisotopic (exact) mass is 402 g/mol. The minimum atomic E-state index is -0.541. The fraction of sp³-hybridized carbons (Fsp3) is 0.625. The van der Waals surface area contributed by atoms with Crippen LogP contribution in [0.3, 0.4) is 0 Å². The van der Waals surface area contributed by atoms with E-state index >= 15 is 0 Å². The van der Waals surface area contributed by atoms with Gasteiger partial charge in [0.15, 0.2) is 0 Å². The van der Waals surface area contributed by atoms with Gasteiger partial charge in [-0.1, -0.05) is 36.2 Å². The van der Waals surface area contributed by atoms with E-state index in [1.165, 1.54) is 12.2 Å². The van der Waals surface area contributed by atoms with Crippen LogP contribution in [0.2, 0.25) is 0 Å². The number of amides is 3. The number of nitrogens with one attached hydrogen (secondary N) is 1. The van der Waals surface area contributed by atoms with Crippen LogP contribution in [0.4, 0.5) is 0 Å². The summed E-state index contributed by atoms with van der Waals surface area (Å²) < 4.78 is 5.09. The van der Waals surface area contributed by atoms with Crippen LogP contribution >= 0.6 is 15.9 Å². The lowest BCUT2D eigenvalue weighted by Gasteiger charge is -2.17. The number of esters is 1. The second kappa shape index (κ2) is 10.2. The van der Waals surface area contributed by atoms with Crippen molar-refractivity contribution >= 4 is 39.6 Å².